The molecular weight excluding hydrogens is 572 g/mol. The molecule has 0 aliphatic carbocycles. The van der Waals surface area contributed by atoms with Crippen molar-refractivity contribution in [1.82, 2.24) is 9.97 Å². The van der Waals surface area contributed by atoms with Crippen LogP contribution in [0.2, 0.25) is 0 Å². The van der Waals surface area contributed by atoms with Gasteiger partial charge in [-0.3, -0.25) is 0 Å². The molecule has 1 unspecified atom stereocenters. The number of imidazole rings is 1. The predicted molar refractivity (Wildman–Crippen MR) is 133 cm³/mol. The second-order valence-corrected chi connectivity index (χ2v) is 9.74. The molecule has 3 nitrogen and oxygen atoms in total. The van der Waals surface area contributed by atoms with Crippen LogP contribution in [0.3, 0.4) is 0 Å². The molecule has 1 aliphatic heterocycles. The average Bonchev–Trinajstić information content (AvgIpc) is 3.32. The van der Waals surface area contributed by atoms with Crippen molar-refractivity contribution in [1.29, 1.82) is 0 Å². The summed E-state index contributed by atoms with van der Waals surface area (Å²) in [6, 6.07) is 21.9. The molecule has 6 rings (SSSR count). The molecule has 4 aromatic carbocycles. The molecular formula is C23H15I2N3. The van der Waals surface area contributed by atoms with E-state index in [1.165, 1.54) is 39.9 Å². The van der Waals surface area contributed by atoms with E-state index in [9.17, 15) is 0 Å². The molecule has 1 aliphatic rings. The SMILES string of the molecule is Ic1ccc2c3ccc(I)cc3c3[nH]c(C4CNc5ccccc54)nc3c2c1. The van der Waals surface area contributed by atoms with Crippen LogP contribution in [0.1, 0.15) is 17.3 Å². The predicted octanol–water partition coefficient (Wildman–Crippen LogP) is 6.64. The maximum atomic E-state index is 5.14. The summed E-state index contributed by atoms with van der Waals surface area (Å²) in [5.41, 5.74) is 4.75. The van der Waals surface area contributed by atoms with Crippen LogP contribution in [0, 0.1) is 7.14 Å². The quantitative estimate of drug-likeness (QED) is 0.171. The molecule has 0 amide bonds. The van der Waals surface area contributed by atoms with Crippen LogP contribution in [0.15, 0.2) is 60.7 Å². The molecule has 0 fully saturated rings. The minimum atomic E-state index is 0.249. The van der Waals surface area contributed by atoms with E-state index in [0.29, 0.717) is 0 Å². The molecule has 1 atom stereocenters. The second kappa shape index (κ2) is 6.32. The molecule has 0 saturated heterocycles. The van der Waals surface area contributed by atoms with Gasteiger partial charge in [0, 0.05) is 30.1 Å². The van der Waals surface area contributed by atoms with Crippen LogP contribution < -0.4 is 5.32 Å². The van der Waals surface area contributed by atoms with Crippen molar-refractivity contribution < 1.29 is 0 Å². The number of fused-ring (bicyclic) bond motifs is 7. The lowest BCUT2D eigenvalue weighted by Gasteiger charge is -2.07. The third kappa shape index (κ3) is 2.48. The van der Waals surface area contributed by atoms with Crippen molar-refractivity contribution in [3.8, 4) is 0 Å². The van der Waals surface area contributed by atoms with Gasteiger partial charge in [0.25, 0.3) is 0 Å². The van der Waals surface area contributed by atoms with Crippen LogP contribution in [-0.4, -0.2) is 16.5 Å². The smallest absolute Gasteiger partial charge is 0.116 e. The first-order chi connectivity index (χ1) is 13.7. The molecule has 0 bridgehead atoms. The number of nitrogens with one attached hydrogen (secondary N) is 2. The summed E-state index contributed by atoms with van der Waals surface area (Å²) in [4.78, 5) is 8.84. The zero-order chi connectivity index (χ0) is 18.8. The van der Waals surface area contributed by atoms with Gasteiger partial charge >= 0.3 is 0 Å². The van der Waals surface area contributed by atoms with E-state index in [0.717, 1.165) is 23.4 Å². The minimum absolute atomic E-state index is 0.249. The van der Waals surface area contributed by atoms with Gasteiger partial charge < -0.3 is 10.3 Å². The Morgan fingerprint density at radius 3 is 2.36 bits per heavy atom. The minimum Gasteiger partial charge on any atom is -0.384 e. The van der Waals surface area contributed by atoms with Gasteiger partial charge in [0.1, 0.15) is 5.82 Å². The summed E-state index contributed by atoms with van der Waals surface area (Å²) in [5.74, 6) is 1.29. The van der Waals surface area contributed by atoms with Crippen molar-refractivity contribution in [2.45, 2.75) is 5.92 Å². The Morgan fingerprint density at radius 2 is 1.54 bits per heavy atom. The maximum absolute atomic E-state index is 5.14. The van der Waals surface area contributed by atoms with Crippen molar-refractivity contribution >= 4 is 83.4 Å². The fraction of sp³-hybridized carbons (Fsp3) is 0.0870. The highest BCUT2D eigenvalue weighted by molar-refractivity contribution is 14.1. The van der Waals surface area contributed by atoms with Gasteiger partial charge in [0.15, 0.2) is 0 Å². The molecule has 5 aromatic rings. The largest absolute Gasteiger partial charge is 0.384 e. The average molecular weight is 587 g/mol. The number of halogens is 2. The molecule has 0 spiro atoms. The highest BCUT2D eigenvalue weighted by Crippen LogP contribution is 2.39. The number of para-hydroxylation sites is 1. The number of aromatic amines is 1. The number of benzene rings is 4. The zero-order valence-electron chi connectivity index (χ0n) is 14.8. The van der Waals surface area contributed by atoms with Crippen molar-refractivity contribution in [2.24, 2.45) is 0 Å². The summed E-state index contributed by atoms with van der Waals surface area (Å²) in [5, 5.41) is 8.53. The van der Waals surface area contributed by atoms with Crippen molar-refractivity contribution in [3.05, 3.63) is 79.2 Å². The van der Waals surface area contributed by atoms with Crippen molar-refractivity contribution in [3.63, 3.8) is 0 Å². The van der Waals surface area contributed by atoms with E-state index >= 15 is 0 Å². The number of aromatic nitrogens is 2. The molecule has 1 aromatic heterocycles. The number of nitrogens with zero attached hydrogens (tertiary/aromatic N) is 1. The third-order valence-corrected chi connectivity index (χ3v) is 7.00. The van der Waals surface area contributed by atoms with Gasteiger partial charge in [0.05, 0.1) is 17.0 Å². The molecule has 136 valence electrons. The lowest BCUT2D eigenvalue weighted by atomic mass is 10.0. The summed E-state index contributed by atoms with van der Waals surface area (Å²) >= 11 is 4.78. The fourth-order valence-electron chi connectivity index (χ4n) is 4.38. The van der Waals surface area contributed by atoms with E-state index in [1.807, 2.05) is 0 Å². The van der Waals surface area contributed by atoms with E-state index < -0.39 is 0 Å². The third-order valence-electron chi connectivity index (χ3n) is 5.66. The van der Waals surface area contributed by atoms with Gasteiger partial charge in [-0.25, -0.2) is 4.98 Å². The Balaban J connectivity index is 1.71. The van der Waals surface area contributed by atoms with E-state index in [2.05, 4.69) is 116 Å². The number of hydrogen-bond donors (Lipinski definition) is 2. The van der Waals surface area contributed by atoms with Crippen LogP contribution in [0.4, 0.5) is 5.69 Å². The van der Waals surface area contributed by atoms with Crippen LogP contribution in [0.25, 0.3) is 32.6 Å². The second-order valence-electron chi connectivity index (χ2n) is 7.25. The van der Waals surface area contributed by atoms with Crippen LogP contribution in [0.5, 0.6) is 0 Å². The normalized spacial score (nSPS) is 16.0. The lowest BCUT2D eigenvalue weighted by molar-refractivity contribution is 0.836. The van der Waals surface area contributed by atoms with E-state index in [4.69, 9.17) is 4.98 Å². The Kier molecular flexibility index (Phi) is 3.84. The highest BCUT2D eigenvalue weighted by Gasteiger charge is 2.26. The molecule has 0 radical (unpaired) electrons. The zero-order valence-corrected chi connectivity index (χ0v) is 19.1. The van der Waals surface area contributed by atoms with Gasteiger partial charge in [-0.05, 0) is 91.8 Å². The number of hydrogen-bond acceptors (Lipinski definition) is 2. The first-order valence-electron chi connectivity index (χ1n) is 9.22. The van der Waals surface area contributed by atoms with Gasteiger partial charge in [-0.1, -0.05) is 30.3 Å². The lowest BCUT2D eigenvalue weighted by Crippen LogP contribution is -2.05. The Morgan fingerprint density at radius 1 is 0.821 bits per heavy atom. The van der Waals surface area contributed by atoms with Crippen LogP contribution >= 0.6 is 45.2 Å². The summed E-state index contributed by atoms with van der Waals surface area (Å²) < 4.78 is 2.47. The summed E-state index contributed by atoms with van der Waals surface area (Å²) in [6.45, 7) is 0.879. The first kappa shape index (κ1) is 17.0. The van der Waals surface area contributed by atoms with Gasteiger partial charge in [-0.15, -0.1) is 0 Å². The van der Waals surface area contributed by atoms with Crippen molar-refractivity contribution in [2.75, 3.05) is 11.9 Å². The molecule has 5 heteroatoms. The Labute approximate surface area is 189 Å². The topological polar surface area (TPSA) is 40.7 Å². The first-order valence-corrected chi connectivity index (χ1v) is 11.4. The number of H-pyrrole nitrogens is 1. The Bertz CT molecular complexity index is 1330. The number of anilines is 1. The Hall–Kier alpha value is -1.87. The van der Waals surface area contributed by atoms with Gasteiger partial charge in [0.2, 0.25) is 0 Å². The monoisotopic (exact) mass is 587 g/mol. The summed E-state index contributed by atoms with van der Waals surface area (Å²) in [7, 11) is 0. The fourth-order valence-corrected chi connectivity index (χ4v) is 5.36. The van der Waals surface area contributed by atoms with E-state index in [-0.39, 0.29) is 5.92 Å². The van der Waals surface area contributed by atoms with Gasteiger partial charge in [-0.2, -0.15) is 0 Å². The van der Waals surface area contributed by atoms with Crippen LogP contribution in [-0.2, 0) is 0 Å². The number of rotatable bonds is 1. The maximum Gasteiger partial charge on any atom is 0.116 e. The summed E-state index contributed by atoms with van der Waals surface area (Å²) in [6.07, 6.45) is 0. The standard InChI is InChI=1S/C23H15I2N3/c24-12-5-7-14-15-8-6-13(25)10-18(15)22-21(17(14)9-12)27-23(28-22)19-11-26-20-4-2-1-3-16(19)20/h1-10,19,26H,11H2,(H,27,28). The molecule has 2 N–H and O–H groups in total. The molecule has 28 heavy (non-hydrogen) atoms. The molecule has 0 saturated carbocycles. The molecule has 2 heterocycles. The highest BCUT2D eigenvalue weighted by atomic mass is 127. The van der Waals surface area contributed by atoms with E-state index in [1.54, 1.807) is 0 Å².